The van der Waals surface area contributed by atoms with Crippen molar-refractivity contribution in [2.75, 3.05) is 7.11 Å². The summed E-state index contributed by atoms with van der Waals surface area (Å²) in [5.41, 5.74) is 3.19. The molecule has 0 radical (unpaired) electrons. The minimum absolute atomic E-state index is 0.269. The van der Waals surface area contributed by atoms with E-state index in [1.165, 1.54) is 7.11 Å². The highest BCUT2D eigenvalue weighted by atomic mass is 35.5. The number of nitrogens with zero attached hydrogens (tertiary/aromatic N) is 2. The van der Waals surface area contributed by atoms with Gasteiger partial charge in [-0.1, -0.05) is 54.1 Å². The lowest BCUT2D eigenvalue weighted by atomic mass is 9.77. The first-order valence-electron chi connectivity index (χ1n) is 7.62. The van der Waals surface area contributed by atoms with Gasteiger partial charge in [0.15, 0.2) is 0 Å². The first kappa shape index (κ1) is 16.4. The summed E-state index contributed by atoms with van der Waals surface area (Å²) in [6.07, 6.45) is 0. The van der Waals surface area contributed by atoms with Crippen LogP contribution >= 0.6 is 11.6 Å². The molecule has 4 nitrogen and oxygen atoms in total. The second-order valence-corrected chi connectivity index (χ2v) is 6.06. The van der Waals surface area contributed by atoms with Crippen molar-refractivity contribution in [3.05, 3.63) is 70.7 Å². The van der Waals surface area contributed by atoms with Gasteiger partial charge in [0.05, 0.1) is 18.5 Å². The summed E-state index contributed by atoms with van der Waals surface area (Å²) < 4.78 is 5.02. The second kappa shape index (κ2) is 6.97. The zero-order chi connectivity index (χ0) is 17.1. The Balaban J connectivity index is 2.16. The van der Waals surface area contributed by atoms with Gasteiger partial charge >= 0.3 is 5.97 Å². The number of carbonyl (C=O) groups excluding carboxylic acids is 1. The Morgan fingerprint density at radius 3 is 2.50 bits per heavy atom. The summed E-state index contributed by atoms with van der Waals surface area (Å²) >= 11 is 6.13. The number of ether oxygens (including phenoxy) is 1. The summed E-state index contributed by atoms with van der Waals surface area (Å²) in [5, 5.41) is 9.20. The SMILES string of the molecule is COC(=O)C1C(C)=NN=C(c2cccc(Cl)c2)C1c1ccccc1. The van der Waals surface area contributed by atoms with E-state index in [4.69, 9.17) is 16.3 Å². The van der Waals surface area contributed by atoms with Gasteiger partial charge < -0.3 is 4.74 Å². The van der Waals surface area contributed by atoms with Gasteiger partial charge in [-0.25, -0.2) is 0 Å². The van der Waals surface area contributed by atoms with E-state index in [1.54, 1.807) is 13.0 Å². The number of rotatable bonds is 3. The molecule has 0 fully saturated rings. The van der Waals surface area contributed by atoms with Crippen molar-refractivity contribution >= 4 is 29.0 Å². The molecule has 0 N–H and O–H groups in total. The number of hydrogen-bond donors (Lipinski definition) is 0. The Labute approximate surface area is 145 Å². The van der Waals surface area contributed by atoms with Gasteiger partial charge in [-0.15, -0.1) is 0 Å². The molecule has 0 spiro atoms. The van der Waals surface area contributed by atoms with E-state index >= 15 is 0 Å². The van der Waals surface area contributed by atoms with E-state index < -0.39 is 5.92 Å². The first-order chi connectivity index (χ1) is 11.6. The molecule has 5 heteroatoms. The minimum atomic E-state index is -0.510. The number of esters is 1. The molecule has 122 valence electrons. The molecule has 0 amide bonds. The first-order valence-corrected chi connectivity index (χ1v) is 8.00. The van der Waals surface area contributed by atoms with Crippen LogP contribution in [-0.2, 0) is 9.53 Å². The molecular weight excluding hydrogens is 324 g/mol. The normalized spacial score (nSPS) is 20.1. The molecule has 2 atom stereocenters. The van der Waals surface area contributed by atoms with Crippen molar-refractivity contribution in [1.82, 2.24) is 0 Å². The molecule has 0 aromatic heterocycles. The van der Waals surface area contributed by atoms with Crippen LogP contribution in [-0.4, -0.2) is 24.5 Å². The summed E-state index contributed by atoms with van der Waals surface area (Å²) in [6.45, 7) is 1.80. The van der Waals surface area contributed by atoms with Crippen molar-refractivity contribution in [3.63, 3.8) is 0 Å². The average Bonchev–Trinajstić information content (AvgIpc) is 2.61. The standard InChI is InChI=1S/C19H17ClN2O2/c1-12-16(19(23)24-2)17(13-7-4-3-5-8-13)18(22-21-12)14-9-6-10-15(20)11-14/h3-11,16-17H,1-2H3. The molecule has 0 aliphatic carbocycles. The second-order valence-electron chi connectivity index (χ2n) is 5.63. The Kier molecular flexibility index (Phi) is 4.76. The zero-order valence-electron chi connectivity index (χ0n) is 13.4. The van der Waals surface area contributed by atoms with Crippen LogP contribution in [0.15, 0.2) is 64.8 Å². The smallest absolute Gasteiger partial charge is 0.315 e. The van der Waals surface area contributed by atoms with E-state index in [0.717, 1.165) is 11.1 Å². The van der Waals surface area contributed by atoms with Crippen LogP contribution in [0.2, 0.25) is 5.02 Å². The third-order valence-electron chi connectivity index (χ3n) is 4.13. The molecule has 0 bridgehead atoms. The van der Waals surface area contributed by atoms with Crippen LogP contribution in [0.1, 0.15) is 24.0 Å². The average molecular weight is 341 g/mol. The molecule has 2 unspecified atom stereocenters. The van der Waals surface area contributed by atoms with Gasteiger partial charge in [0.1, 0.15) is 5.92 Å². The maximum absolute atomic E-state index is 12.4. The number of halogens is 1. The van der Waals surface area contributed by atoms with Gasteiger partial charge in [0.25, 0.3) is 0 Å². The van der Waals surface area contributed by atoms with Crippen LogP contribution in [0.25, 0.3) is 0 Å². The predicted octanol–water partition coefficient (Wildman–Crippen LogP) is 4.09. The molecule has 0 saturated heterocycles. The van der Waals surface area contributed by atoms with Crippen LogP contribution in [0.3, 0.4) is 0 Å². The van der Waals surface area contributed by atoms with Gasteiger partial charge in [-0.05, 0) is 30.2 Å². The van der Waals surface area contributed by atoms with Gasteiger partial charge in [-0.3, -0.25) is 4.79 Å². The lowest BCUT2D eigenvalue weighted by molar-refractivity contribution is -0.143. The maximum Gasteiger partial charge on any atom is 0.315 e. The van der Waals surface area contributed by atoms with Crippen molar-refractivity contribution in [1.29, 1.82) is 0 Å². The predicted molar refractivity (Wildman–Crippen MR) is 95.8 cm³/mol. The Hall–Kier alpha value is -2.46. The summed E-state index contributed by atoms with van der Waals surface area (Å²) in [4.78, 5) is 12.4. The molecule has 0 saturated carbocycles. The third-order valence-corrected chi connectivity index (χ3v) is 4.36. The molecule has 1 aliphatic rings. The summed E-state index contributed by atoms with van der Waals surface area (Å²) in [6, 6.07) is 17.2. The fourth-order valence-electron chi connectivity index (χ4n) is 2.99. The fourth-order valence-corrected chi connectivity index (χ4v) is 3.18. The van der Waals surface area contributed by atoms with Gasteiger partial charge in [0.2, 0.25) is 0 Å². The molecular formula is C19H17ClN2O2. The highest BCUT2D eigenvalue weighted by Crippen LogP contribution is 2.34. The zero-order valence-corrected chi connectivity index (χ0v) is 14.2. The fraction of sp³-hybridized carbons (Fsp3) is 0.211. The molecule has 2 aromatic rings. The largest absolute Gasteiger partial charge is 0.468 e. The Morgan fingerprint density at radius 1 is 1.08 bits per heavy atom. The molecule has 3 rings (SSSR count). The summed E-state index contributed by atoms with van der Waals surface area (Å²) in [5.74, 6) is -1.10. The summed E-state index contributed by atoms with van der Waals surface area (Å²) in [7, 11) is 1.39. The third kappa shape index (κ3) is 3.10. The minimum Gasteiger partial charge on any atom is -0.468 e. The van der Waals surface area contributed by atoms with E-state index in [9.17, 15) is 4.79 Å². The molecule has 1 aliphatic heterocycles. The maximum atomic E-state index is 12.4. The number of carbonyl (C=O) groups is 1. The Morgan fingerprint density at radius 2 is 1.83 bits per heavy atom. The number of hydrogen-bond acceptors (Lipinski definition) is 4. The van der Waals surface area contributed by atoms with Crippen LogP contribution < -0.4 is 0 Å². The quantitative estimate of drug-likeness (QED) is 0.790. The van der Waals surface area contributed by atoms with E-state index in [2.05, 4.69) is 10.2 Å². The van der Waals surface area contributed by atoms with Crippen LogP contribution in [0, 0.1) is 5.92 Å². The molecule has 24 heavy (non-hydrogen) atoms. The van der Waals surface area contributed by atoms with E-state index in [1.807, 2.05) is 48.5 Å². The van der Waals surface area contributed by atoms with E-state index in [0.29, 0.717) is 16.4 Å². The topological polar surface area (TPSA) is 51.0 Å². The van der Waals surface area contributed by atoms with Gasteiger partial charge in [0, 0.05) is 10.9 Å². The monoisotopic (exact) mass is 340 g/mol. The van der Waals surface area contributed by atoms with Crippen molar-refractivity contribution in [3.8, 4) is 0 Å². The lowest BCUT2D eigenvalue weighted by Crippen LogP contribution is -2.36. The van der Waals surface area contributed by atoms with Gasteiger partial charge in [-0.2, -0.15) is 10.2 Å². The lowest BCUT2D eigenvalue weighted by Gasteiger charge is -2.29. The highest BCUT2D eigenvalue weighted by Gasteiger charge is 2.39. The van der Waals surface area contributed by atoms with Crippen molar-refractivity contribution in [2.24, 2.45) is 16.1 Å². The Bertz CT molecular complexity index is 815. The highest BCUT2D eigenvalue weighted by molar-refractivity contribution is 6.31. The van der Waals surface area contributed by atoms with Crippen molar-refractivity contribution in [2.45, 2.75) is 12.8 Å². The number of benzene rings is 2. The van der Waals surface area contributed by atoms with Crippen LogP contribution in [0.4, 0.5) is 0 Å². The van der Waals surface area contributed by atoms with E-state index in [-0.39, 0.29) is 11.9 Å². The number of methoxy groups -OCH3 is 1. The van der Waals surface area contributed by atoms with Crippen LogP contribution in [0.5, 0.6) is 0 Å². The van der Waals surface area contributed by atoms with Crippen molar-refractivity contribution < 1.29 is 9.53 Å². The molecule has 2 aromatic carbocycles. The molecule has 1 heterocycles.